The lowest BCUT2D eigenvalue weighted by Gasteiger charge is -2.26. The number of carbonyl (C=O) groups is 2. The zero-order valence-corrected chi connectivity index (χ0v) is 16.6. The van der Waals surface area contributed by atoms with E-state index in [1.54, 1.807) is 0 Å². The SMILES string of the molecule is CC(C)(C)OC(=O)NC(Cc1ccc(I)cc1)C(=O)N1CCCC1. The third-order valence-electron chi connectivity index (χ3n) is 3.76. The van der Waals surface area contributed by atoms with Crippen LogP contribution < -0.4 is 5.32 Å². The molecule has 1 aliphatic rings. The summed E-state index contributed by atoms with van der Waals surface area (Å²) in [5, 5.41) is 2.76. The van der Waals surface area contributed by atoms with Crippen LogP contribution in [0.5, 0.6) is 0 Å². The predicted molar refractivity (Wildman–Crippen MR) is 102 cm³/mol. The molecule has 0 saturated carbocycles. The first-order valence-electron chi connectivity index (χ1n) is 8.27. The molecule has 0 spiro atoms. The van der Waals surface area contributed by atoms with E-state index in [-0.39, 0.29) is 5.91 Å². The highest BCUT2D eigenvalue weighted by atomic mass is 127. The Bertz CT molecular complexity index is 575. The summed E-state index contributed by atoms with van der Waals surface area (Å²) < 4.78 is 6.45. The number of likely N-dealkylation sites (tertiary alicyclic amines) is 1. The molecule has 1 atom stereocenters. The van der Waals surface area contributed by atoms with Crippen molar-refractivity contribution in [3.63, 3.8) is 0 Å². The van der Waals surface area contributed by atoms with Crippen LogP contribution in [0.2, 0.25) is 0 Å². The third-order valence-corrected chi connectivity index (χ3v) is 4.48. The smallest absolute Gasteiger partial charge is 0.408 e. The fraction of sp³-hybridized carbons (Fsp3) is 0.556. The molecule has 1 fully saturated rings. The number of benzene rings is 1. The van der Waals surface area contributed by atoms with Gasteiger partial charge in [0.15, 0.2) is 0 Å². The van der Waals surface area contributed by atoms with E-state index in [1.807, 2.05) is 49.9 Å². The van der Waals surface area contributed by atoms with E-state index in [4.69, 9.17) is 4.74 Å². The van der Waals surface area contributed by atoms with Crippen LogP contribution in [0, 0.1) is 3.57 Å². The van der Waals surface area contributed by atoms with Gasteiger partial charge in [-0.1, -0.05) is 12.1 Å². The highest BCUT2D eigenvalue weighted by molar-refractivity contribution is 14.1. The largest absolute Gasteiger partial charge is 0.444 e. The first kappa shape index (κ1) is 19.0. The normalized spacial score (nSPS) is 15.9. The summed E-state index contributed by atoms with van der Waals surface area (Å²) in [5.41, 5.74) is 0.429. The first-order valence-corrected chi connectivity index (χ1v) is 9.35. The number of carbonyl (C=O) groups excluding carboxylic acids is 2. The summed E-state index contributed by atoms with van der Waals surface area (Å²) in [6.45, 7) is 6.95. The van der Waals surface area contributed by atoms with Crippen LogP contribution in [0.25, 0.3) is 0 Å². The Kier molecular flexibility index (Phi) is 6.48. The van der Waals surface area contributed by atoms with Crippen LogP contribution in [0.4, 0.5) is 4.79 Å². The predicted octanol–water partition coefficient (Wildman–Crippen LogP) is 3.35. The van der Waals surface area contributed by atoms with Crippen molar-refractivity contribution in [3.05, 3.63) is 33.4 Å². The Morgan fingerprint density at radius 1 is 1.21 bits per heavy atom. The molecular weight excluding hydrogens is 419 g/mol. The monoisotopic (exact) mass is 444 g/mol. The molecule has 2 rings (SSSR count). The molecule has 0 aromatic heterocycles. The summed E-state index contributed by atoms with van der Waals surface area (Å²) in [4.78, 5) is 26.7. The number of hydrogen-bond acceptors (Lipinski definition) is 3. The van der Waals surface area contributed by atoms with Gasteiger partial charge < -0.3 is 15.0 Å². The van der Waals surface area contributed by atoms with Crippen molar-refractivity contribution in [2.75, 3.05) is 13.1 Å². The van der Waals surface area contributed by atoms with Gasteiger partial charge in [0.25, 0.3) is 0 Å². The van der Waals surface area contributed by atoms with Crippen LogP contribution in [-0.4, -0.2) is 41.6 Å². The van der Waals surface area contributed by atoms with Crippen molar-refractivity contribution in [2.45, 2.75) is 51.7 Å². The van der Waals surface area contributed by atoms with Crippen LogP contribution in [0.3, 0.4) is 0 Å². The minimum atomic E-state index is -0.599. The minimum Gasteiger partial charge on any atom is -0.444 e. The first-order chi connectivity index (χ1) is 11.2. The molecular formula is C18H25IN2O3. The van der Waals surface area contributed by atoms with E-state index < -0.39 is 17.7 Å². The molecule has 1 heterocycles. The summed E-state index contributed by atoms with van der Waals surface area (Å²) in [6.07, 6.45) is 1.96. The summed E-state index contributed by atoms with van der Waals surface area (Å²) in [7, 11) is 0. The second-order valence-electron chi connectivity index (χ2n) is 7.06. The van der Waals surface area contributed by atoms with Crippen molar-refractivity contribution < 1.29 is 14.3 Å². The number of ether oxygens (including phenoxy) is 1. The third kappa shape index (κ3) is 5.96. The Morgan fingerprint density at radius 3 is 2.33 bits per heavy atom. The molecule has 6 heteroatoms. The van der Waals surface area contributed by atoms with Crippen molar-refractivity contribution in [2.24, 2.45) is 0 Å². The minimum absolute atomic E-state index is 0.0306. The number of alkyl carbamates (subject to hydrolysis) is 1. The van der Waals surface area contributed by atoms with Crippen LogP contribution >= 0.6 is 22.6 Å². The lowest BCUT2D eigenvalue weighted by atomic mass is 10.0. The van der Waals surface area contributed by atoms with E-state index in [9.17, 15) is 9.59 Å². The van der Waals surface area contributed by atoms with Crippen molar-refractivity contribution >= 4 is 34.6 Å². The lowest BCUT2D eigenvalue weighted by Crippen LogP contribution is -2.50. The molecule has 2 amide bonds. The van der Waals surface area contributed by atoms with E-state index in [0.717, 1.165) is 35.1 Å². The van der Waals surface area contributed by atoms with Crippen molar-refractivity contribution in [1.29, 1.82) is 0 Å². The van der Waals surface area contributed by atoms with Crippen LogP contribution in [-0.2, 0) is 16.0 Å². The van der Waals surface area contributed by atoms with E-state index in [1.165, 1.54) is 0 Å². The molecule has 0 radical (unpaired) electrons. The molecule has 0 bridgehead atoms. The molecule has 5 nitrogen and oxygen atoms in total. The van der Waals surface area contributed by atoms with Gasteiger partial charge in [-0.25, -0.2) is 4.79 Å². The Morgan fingerprint density at radius 2 is 1.79 bits per heavy atom. The van der Waals surface area contributed by atoms with Crippen LogP contribution in [0.15, 0.2) is 24.3 Å². The summed E-state index contributed by atoms with van der Waals surface area (Å²) in [5.74, 6) is -0.0306. The molecule has 1 unspecified atom stereocenters. The van der Waals surface area contributed by atoms with Crippen molar-refractivity contribution in [1.82, 2.24) is 10.2 Å². The molecule has 132 valence electrons. The highest BCUT2D eigenvalue weighted by Gasteiger charge is 2.29. The Hall–Kier alpha value is -1.31. The molecule has 1 aliphatic heterocycles. The van der Waals surface area contributed by atoms with Crippen LogP contribution in [0.1, 0.15) is 39.2 Å². The lowest BCUT2D eigenvalue weighted by molar-refractivity contribution is -0.132. The van der Waals surface area contributed by atoms with Gasteiger partial charge in [-0.3, -0.25) is 4.79 Å². The molecule has 1 aromatic rings. The quantitative estimate of drug-likeness (QED) is 0.725. The number of rotatable bonds is 4. The summed E-state index contributed by atoms with van der Waals surface area (Å²) in [6, 6.07) is 7.38. The number of nitrogens with one attached hydrogen (secondary N) is 1. The van der Waals surface area contributed by atoms with Gasteiger partial charge in [-0.15, -0.1) is 0 Å². The standard InChI is InChI=1S/C18H25IN2O3/c1-18(2,3)24-17(23)20-15(16(22)21-10-4-5-11-21)12-13-6-8-14(19)9-7-13/h6-9,15H,4-5,10-12H2,1-3H3,(H,20,23). The zero-order valence-electron chi connectivity index (χ0n) is 14.5. The van der Waals surface area contributed by atoms with Gasteiger partial charge in [0.2, 0.25) is 5.91 Å². The molecule has 24 heavy (non-hydrogen) atoms. The Balaban J connectivity index is 2.09. The highest BCUT2D eigenvalue weighted by Crippen LogP contribution is 2.14. The van der Waals surface area contributed by atoms with E-state index >= 15 is 0 Å². The van der Waals surface area contributed by atoms with Gasteiger partial charge in [-0.2, -0.15) is 0 Å². The second-order valence-corrected chi connectivity index (χ2v) is 8.31. The summed E-state index contributed by atoms with van der Waals surface area (Å²) >= 11 is 2.24. The fourth-order valence-corrected chi connectivity index (χ4v) is 3.02. The number of amides is 2. The van der Waals surface area contributed by atoms with Gasteiger partial charge in [-0.05, 0) is 73.9 Å². The van der Waals surface area contributed by atoms with Gasteiger partial charge in [0, 0.05) is 23.1 Å². The maximum atomic E-state index is 12.8. The average Bonchev–Trinajstić information content (AvgIpc) is 3.00. The number of nitrogens with zero attached hydrogens (tertiary/aromatic N) is 1. The number of hydrogen-bond donors (Lipinski definition) is 1. The maximum Gasteiger partial charge on any atom is 0.408 e. The molecule has 1 N–H and O–H groups in total. The zero-order chi connectivity index (χ0) is 17.7. The maximum absolute atomic E-state index is 12.8. The average molecular weight is 444 g/mol. The van der Waals surface area contributed by atoms with E-state index in [2.05, 4.69) is 27.9 Å². The molecule has 1 aromatic carbocycles. The van der Waals surface area contributed by atoms with Crippen molar-refractivity contribution in [3.8, 4) is 0 Å². The second kappa shape index (κ2) is 8.18. The topological polar surface area (TPSA) is 58.6 Å². The van der Waals surface area contributed by atoms with Gasteiger partial charge in [0.1, 0.15) is 11.6 Å². The number of halogens is 1. The molecule has 0 aliphatic carbocycles. The molecule has 1 saturated heterocycles. The fourth-order valence-electron chi connectivity index (χ4n) is 2.66. The van der Waals surface area contributed by atoms with Gasteiger partial charge in [0.05, 0.1) is 0 Å². The van der Waals surface area contributed by atoms with Gasteiger partial charge >= 0.3 is 6.09 Å². The Labute approximate surface area is 157 Å². The van der Waals surface area contributed by atoms with E-state index in [0.29, 0.717) is 6.42 Å².